The first-order chi connectivity index (χ1) is 7.91. The largest absolute Gasteiger partial charge is 0.300 e. The third-order valence-electron chi connectivity index (χ3n) is 2.68. The molecule has 0 amide bonds. The van der Waals surface area contributed by atoms with E-state index in [0.717, 1.165) is 38.5 Å². The molecule has 2 nitrogen and oxygen atoms in total. The summed E-state index contributed by atoms with van der Waals surface area (Å²) in [5.74, 6) is 1.91. The molecule has 0 bridgehead atoms. The van der Waals surface area contributed by atoms with E-state index in [-0.39, 0.29) is 0 Å². The third kappa shape index (κ3) is 11.6. The maximum absolute atomic E-state index is 11.1. The molecule has 17 heavy (non-hydrogen) atoms. The van der Waals surface area contributed by atoms with Crippen molar-refractivity contribution >= 4 is 11.6 Å². The van der Waals surface area contributed by atoms with Gasteiger partial charge < -0.3 is 0 Å². The molecule has 0 radical (unpaired) electrons. The molecule has 0 aliphatic heterocycles. The molecule has 2 heteroatoms. The van der Waals surface area contributed by atoms with E-state index in [2.05, 4.69) is 27.7 Å². The van der Waals surface area contributed by atoms with Crippen LogP contribution in [0.1, 0.15) is 72.6 Å². The first-order valence-corrected chi connectivity index (χ1v) is 6.95. The quantitative estimate of drug-likeness (QED) is 0.739. The van der Waals surface area contributed by atoms with Gasteiger partial charge in [0.1, 0.15) is 11.6 Å². The predicted octanol–water partition coefficient (Wildman–Crippen LogP) is 4.17. The summed E-state index contributed by atoms with van der Waals surface area (Å²) in [6, 6.07) is 0. The second-order valence-corrected chi connectivity index (χ2v) is 5.83. The van der Waals surface area contributed by atoms with Gasteiger partial charge in [0.15, 0.2) is 0 Å². The summed E-state index contributed by atoms with van der Waals surface area (Å²) in [5.41, 5.74) is 0. The maximum Gasteiger partial charge on any atom is 0.133 e. The molecule has 0 N–H and O–H groups in total. The summed E-state index contributed by atoms with van der Waals surface area (Å²) in [6.07, 6.45) is 6.74. The number of carbonyl (C=O) groups excluding carboxylic acids is 2. The van der Waals surface area contributed by atoms with E-state index in [4.69, 9.17) is 0 Å². The molecule has 0 aromatic heterocycles. The van der Waals surface area contributed by atoms with Crippen LogP contribution >= 0.6 is 0 Å². The molecule has 0 saturated heterocycles. The fourth-order valence-corrected chi connectivity index (χ4v) is 1.94. The molecule has 1 aliphatic rings. The van der Waals surface area contributed by atoms with Crippen molar-refractivity contribution in [3.63, 3.8) is 0 Å². The van der Waals surface area contributed by atoms with E-state index in [9.17, 15) is 9.59 Å². The molecule has 1 saturated carbocycles. The number of Topliss-reactive ketones (excluding diaryl/α,β-unsaturated/α-hetero) is 2. The highest BCUT2D eigenvalue weighted by Gasteiger charge is 2.06. The zero-order valence-corrected chi connectivity index (χ0v) is 11.9. The molecule has 0 atom stereocenters. The molecule has 1 aliphatic carbocycles. The van der Waals surface area contributed by atoms with Gasteiger partial charge in [-0.05, 0) is 24.7 Å². The lowest BCUT2D eigenvalue weighted by atomic mass is 10.00. The van der Waals surface area contributed by atoms with Gasteiger partial charge in [-0.3, -0.25) is 9.59 Å². The summed E-state index contributed by atoms with van der Waals surface area (Å²) in [7, 11) is 0. The third-order valence-corrected chi connectivity index (χ3v) is 2.68. The smallest absolute Gasteiger partial charge is 0.133 e. The summed E-state index contributed by atoms with van der Waals surface area (Å²) in [5, 5.41) is 0. The van der Waals surface area contributed by atoms with Gasteiger partial charge in [-0.2, -0.15) is 0 Å². The monoisotopic (exact) mass is 240 g/mol. The van der Waals surface area contributed by atoms with Crippen LogP contribution in [0.3, 0.4) is 0 Å². The van der Waals surface area contributed by atoms with Crippen molar-refractivity contribution in [1.82, 2.24) is 0 Å². The Morgan fingerprint density at radius 3 is 1.59 bits per heavy atom. The van der Waals surface area contributed by atoms with E-state index >= 15 is 0 Å². The van der Waals surface area contributed by atoms with Crippen molar-refractivity contribution in [3.8, 4) is 0 Å². The molecular formula is C15H28O2. The van der Waals surface area contributed by atoms with Crippen LogP contribution in [0.5, 0.6) is 0 Å². The van der Waals surface area contributed by atoms with E-state index in [1.165, 1.54) is 6.42 Å². The minimum absolute atomic E-state index is 0.407. The highest BCUT2D eigenvalue weighted by molar-refractivity contribution is 5.79. The standard InChI is InChI=1S/C9H18O.C6H10O/c1-7(2)5-9(10)6-8(3)4;7-6-4-2-1-3-5-6/h7-8H,5-6H2,1-4H3;1-5H2. The van der Waals surface area contributed by atoms with Crippen molar-refractivity contribution in [2.24, 2.45) is 11.8 Å². The molecule has 0 aromatic carbocycles. The molecule has 0 spiro atoms. The SMILES string of the molecule is CC(C)CC(=O)CC(C)C.O=C1CCCCC1. The summed E-state index contributed by atoms with van der Waals surface area (Å²) < 4.78 is 0. The van der Waals surface area contributed by atoms with E-state index in [1.54, 1.807) is 0 Å². The summed E-state index contributed by atoms with van der Waals surface area (Å²) in [4.78, 5) is 21.5. The fourth-order valence-electron chi connectivity index (χ4n) is 1.94. The lowest BCUT2D eigenvalue weighted by molar-refractivity contribution is -0.121. The van der Waals surface area contributed by atoms with Crippen molar-refractivity contribution < 1.29 is 9.59 Å². The molecule has 0 unspecified atom stereocenters. The Balaban J connectivity index is 0.000000318. The van der Waals surface area contributed by atoms with Gasteiger partial charge in [-0.1, -0.05) is 34.1 Å². The average molecular weight is 240 g/mol. The predicted molar refractivity (Wildman–Crippen MR) is 72.0 cm³/mol. The Morgan fingerprint density at radius 2 is 1.35 bits per heavy atom. The van der Waals surface area contributed by atoms with Crippen LogP contribution < -0.4 is 0 Å². The number of ketones is 2. The first kappa shape index (κ1) is 16.3. The topological polar surface area (TPSA) is 34.1 Å². The van der Waals surface area contributed by atoms with E-state index < -0.39 is 0 Å². The number of hydrogen-bond donors (Lipinski definition) is 0. The molecule has 100 valence electrons. The Morgan fingerprint density at radius 1 is 0.941 bits per heavy atom. The second-order valence-electron chi connectivity index (χ2n) is 5.83. The van der Waals surface area contributed by atoms with Crippen LogP contribution in [0.25, 0.3) is 0 Å². The molecule has 1 rings (SSSR count). The normalized spacial score (nSPS) is 15.8. The van der Waals surface area contributed by atoms with Gasteiger partial charge in [0.2, 0.25) is 0 Å². The zero-order valence-electron chi connectivity index (χ0n) is 11.9. The Bertz CT molecular complexity index is 209. The van der Waals surface area contributed by atoms with Gasteiger partial charge in [0.25, 0.3) is 0 Å². The highest BCUT2D eigenvalue weighted by atomic mass is 16.1. The molecule has 0 aromatic rings. The number of hydrogen-bond acceptors (Lipinski definition) is 2. The van der Waals surface area contributed by atoms with Gasteiger partial charge in [0, 0.05) is 25.7 Å². The van der Waals surface area contributed by atoms with Crippen molar-refractivity contribution in [2.75, 3.05) is 0 Å². The Kier molecular flexibility index (Phi) is 9.01. The Hall–Kier alpha value is -0.660. The zero-order chi connectivity index (χ0) is 13.3. The lowest BCUT2D eigenvalue weighted by Crippen LogP contribution is -2.05. The maximum atomic E-state index is 11.1. The minimum atomic E-state index is 0.407. The summed E-state index contributed by atoms with van der Waals surface area (Å²) in [6.45, 7) is 8.33. The van der Waals surface area contributed by atoms with Crippen LogP contribution in [-0.4, -0.2) is 11.6 Å². The van der Waals surface area contributed by atoms with E-state index in [1.807, 2.05) is 0 Å². The van der Waals surface area contributed by atoms with E-state index in [0.29, 0.717) is 23.4 Å². The summed E-state index contributed by atoms with van der Waals surface area (Å²) >= 11 is 0. The average Bonchev–Trinajstić information content (AvgIpc) is 2.16. The molecule has 1 fully saturated rings. The Labute approximate surface area is 106 Å². The molecular weight excluding hydrogens is 212 g/mol. The second kappa shape index (κ2) is 9.38. The first-order valence-electron chi connectivity index (χ1n) is 6.95. The van der Waals surface area contributed by atoms with Gasteiger partial charge >= 0.3 is 0 Å². The van der Waals surface area contributed by atoms with Gasteiger partial charge in [-0.15, -0.1) is 0 Å². The molecule has 0 heterocycles. The van der Waals surface area contributed by atoms with Crippen molar-refractivity contribution in [2.45, 2.75) is 72.6 Å². The van der Waals surface area contributed by atoms with Crippen LogP contribution in [0.4, 0.5) is 0 Å². The van der Waals surface area contributed by atoms with Crippen LogP contribution in [0.2, 0.25) is 0 Å². The van der Waals surface area contributed by atoms with Crippen LogP contribution in [0, 0.1) is 11.8 Å². The van der Waals surface area contributed by atoms with Crippen molar-refractivity contribution in [1.29, 1.82) is 0 Å². The highest BCUT2D eigenvalue weighted by Crippen LogP contribution is 2.12. The van der Waals surface area contributed by atoms with Gasteiger partial charge in [-0.25, -0.2) is 0 Å². The van der Waals surface area contributed by atoms with Crippen LogP contribution in [0.15, 0.2) is 0 Å². The van der Waals surface area contributed by atoms with Gasteiger partial charge in [0.05, 0.1) is 0 Å². The van der Waals surface area contributed by atoms with Crippen molar-refractivity contribution in [3.05, 3.63) is 0 Å². The minimum Gasteiger partial charge on any atom is -0.300 e. The number of rotatable bonds is 4. The lowest BCUT2D eigenvalue weighted by Gasteiger charge is -2.05. The van der Waals surface area contributed by atoms with Crippen LogP contribution in [-0.2, 0) is 9.59 Å². The fraction of sp³-hybridized carbons (Fsp3) is 0.867. The number of carbonyl (C=O) groups is 2.